The molecule has 2 rings (SSSR count). The van der Waals surface area contributed by atoms with Crippen molar-refractivity contribution in [2.45, 2.75) is 18.7 Å². The molecule has 0 radical (unpaired) electrons. The third-order valence-electron chi connectivity index (χ3n) is 3.35. The molecule has 0 saturated heterocycles. The number of primary sulfonamides is 1. The zero-order valence-corrected chi connectivity index (χ0v) is 16.6. The van der Waals surface area contributed by atoms with Crippen molar-refractivity contribution in [2.75, 3.05) is 11.9 Å². The van der Waals surface area contributed by atoms with E-state index in [9.17, 15) is 13.2 Å². The predicted octanol–water partition coefficient (Wildman–Crippen LogP) is 2.50. The zero-order valence-electron chi connectivity index (χ0n) is 14.9. The van der Waals surface area contributed by atoms with Gasteiger partial charge in [0.2, 0.25) is 10.0 Å². The van der Waals surface area contributed by atoms with E-state index in [0.29, 0.717) is 29.5 Å². The fourth-order valence-electron chi connectivity index (χ4n) is 2.06. The molecule has 27 heavy (non-hydrogen) atoms. The fraction of sp³-hybridized carbons (Fsp3) is 0.222. The molecule has 0 saturated carbocycles. The van der Waals surface area contributed by atoms with Gasteiger partial charge in [-0.25, -0.2) is 13.6 Å². The van der Waals surface area contributed by atoms with E-state index < -0.39 is 10.0 Å². The minimum Gasteiger partial charge on any atom is -0.493 e. The lowest BCUT2D eigenvalue weighted by molar-refractivity contribution is 0.0977. The molecule has 0 atom stereocenters. The Hall–Kier alpha value is -2.49. The highest BCUT2D eigenvalue weighted by molar-refractivity contribution is 7.89. The van der Waals surface area contributed by atoms with Gasteiger partial charge in [0.25, 0.3) is 5.91 Å². The van der Waals surface area contributed by atoms with Crippen LogP contribution in [0.2, 0.25) is 0 Å². The van der Waals surface area contributed by atoms with Crippen molar-refractivity contribution < 1.29 is 17.9 Å². The number of benzene rings is 2. The second-order valence-electron chi connectivity index (χ2n) is 6.21. The minimum absolute atomic E-state index is 0.0128. The van der Waals surface area contributed by atoms with Gasteiger partial charge in [-0.15, -0.1) is 0 Å². The van der Waals surface area contributed by atoms with E-state index in [4.69, 9.17) is 22.1 Å². The largest absolute Gasteiger partial charge is 0.493 e. The van der Waals surface area contributed by atoms with Crippen LogP contribution in [0.25, 0.3) is 0 Å². The van der Waals surface area contributed by atoms with Crippen molar-refractivity contribution in [1.82, 2.24) is 5.32 Å². The first-order valence-electron chi connectivity index (χ1n) is 8.13. The molecule has 0 unspecified atom stereocenters. The Labute approximate surface area is 164 Å². The topological polar surface area (TPSA) is 111 Å². The smallest absolute Gasteiger partial charge is 0.257 e. The highest BCUT2D eigenvalue weighted by Crippen LogP contribution is 2.15. The Morgan fingerprint density at radius 1 is 1.19 bits per heavy atom. The summed E-state index contributed by atoms with van der Waals surface area (Å²) in [7, 11) is -3.76. The molecule has 7 nitrogen and oxygen atoms in total. The number of amides is 1. The van der Waals surface area contributed by atoms with Crippen LogP contribution in [-0.2, 0) is 10.0 Å². The minimum atomic E-state index is -3.76. The number of carbonyl (C=O) groups excluding carboxylic acids is 1. The van der Waals surface area contributed by atoms with Gasteiger partial charge in [0.05, 0.1) is 11.5 Å². The summed E-state index contributed by atoms with van der Waals surface area (Å²) in [5.41, 5.74) is 0.923. The molecular weight excluding hydrogens is 386 g/mol. The second-order valence-corrected chi connectivity index (χ2v) is 8.18. The molecule has 0 bridgehead atoms. The number of rotatable bonds is 6. The Morgan fingerprint density at radius 2 is 1.85 bits per heavy atom. The van der Waals surface area contributed by atoms with Crippen molar-refractivity contribution in [3.63, 3.8) is 0 Å². The molecule has 0 aliphatic heterocycles. The van der Waals surface area contributed by atoms with Gasteiger partial charge in [0.1, 0.15) is 5.75 Å². The Bertz CT molecular complexity index is 926. The zero-order chi connectivity index (χ0) is 20.0. The number of anilines is 1. The van der Waals surface area contributed by atoms with Crippen LogP contribution in [-0.4, -0.2) is 26.0 Å². The molecule has 0 spiro atoms. The normalized spacial score (nSPS) is 11.1. The summed E-state index contributed by atoms with van der Waals surface area (Å²) in [6.45, 7) is 4.63. The van der Waals surface area contributed by atoms with Gasteiger partial charge < -0.3 is 10.1 Å². The van der Waals surface area contributed by atoms with Gasteiger partial charge in [-0.3, -0.25) is 10.1 Å². The lowest BCUT2D eigenvalue weighted by atomic mass is 10.2. The van der Waals surface area contributed by atoms with Crippen LogP contribution < -0.4 is 20.5 Å². The van der Waals surface area contributed by atoms with Crippen molar-refractivity contribution in [1.29, 1.82) is 0 Å². The van der Waals surface area contributed by atoms with Crippen LogP contribution in [0.1, 0.15) is 24.2 Å². The molecule has 144 valence electrons. The number of nitrogens with one attached hydrogen (secondary N) is 2. The van der Waals surface area contributed by atoms with Crippen LogP contribution in [0.3, 0.4) is 0 Å². The molecule has 4 N–H and O–H groups in total. The molecule has 0 aromatic heterocycles. The quantitative estimate of drug-likeness (QED) is 0.635. The Balaban J connectivity index is 1.97. The number of carbonyl (C=O) groups is 1. The summed E-state index contributed by atoms with van der Waals surface area (Å²) in [4.78, 5) is 12.3. The van der Waals surface area contributed by atoms with E-state index >= 15 is 0 Å². The Morgan fingerprint density at radius 3 is 2.44 bits per heavy atom. The first kappa shape index (κ1) is 20.8. The van der Waals surface area contributed by atoms with Crippen LogP contribution in [0.4, 0.5) is 5.69 Å². The maximum absolute atomic E-state index is 12.3. The van der Waals surface area contributed by atoms with Gasteiger partial charge >= 0.3 is 0 Å². The van der Waals surface area contributed by atoms with Crippen LogP contribution >= 0.6 is 12.2 Å². The van der Waals surface area contributed by atoms with Gasteiger partial charge in [-0.2, -0.15) is 0 Å². The fourth-order valence-corrected chi connectivity index (χ4v) is 2.78. The summed E-state index contributed by atoms with van der Waals surface area (Å²) >= 11 is 5.12. The second kappa shape index (κ2) is 8.94. The molecule has 0 aliphatic carbocycles. The highest BCUT2D eigenvalue weighted by Gasteiger charge is 2.11. The number of thiocarbonyl (C=S) groups is 1. The van der Waals surface area contributed by atoms with Crippen LogP contribution in [0.5, 0.6) is 5.75 Å². The lowest BCUT2D eigenvalue weighted by Gasteiger charge is -2.12. The predicted molar refractivity (Wildman–Crippen MR) is 108 cm³/mol. The van der Waals surface area contributed by atoms with Gasteiger partial charge in [-0.05, 0) is 60.6 Å². The average molecular weight is 408 g/mol. The maximum Gasteiger partial charge on any atom is 0.257 e. The van der Waals surface area contributed by atoms with Crippen molar-refractivity contribution in [2.24, 2.45) is 11.1 Å². The summed E-state index contributed by atoms with van der Waals surface area (Å²) in [6, 6.07) is 12.5. The van der Waals surface area contributed by atoms with Gasteiger partial charge in [0, 0.05) is 11.3 Å². The standard InChI is InChI=1S/C18H21N3O4S2/c1-12(2)11-25-15-5-3-4-13(10-15)17(22)21-18(26)20-14-6-8-16(9-7-14)27(19,23)24/h3-10,12H,11H2,1-2H3,(H2,19,23,24)(H2,20,21,22,26). The first-order valence-corrected chi connectivity index (χ1v) is 10.1. The molecule has 2 aromatic carbocycles. The molecule has 0 fully saturated rings. The van der Waals surface area contributed by atoms with Crippen LogP contribution in [0.15, 0.2) is 53.4 Å². The summed E-state index contributed by atoms with van der Waals surface area (Å²) in [6.07, 6.45) is 0. The third kappa shape index (κ3) is 6.63. The first-order chi connectivity index (χ1) is 12.6. The average Bonchev–Trinajstić information content (AvgIpc) is 2.59. The molecule has 9 heteroatoms. The molecule has 0 aliphatic rings. The summed E-state index contributed by atoms with van der Waals surface area (Å²) in [5, 5.41) is 10.5. The van der Waals surface area contributed by atoms with E-state index in [1.165, 1.54) is 24.3 Å². The maximum atomic E-state index is 12.3. The number of hydrogen-bond acceptors (Lipinski definition) is 5. The molecule has 1 amide bonds. The van der Waals surface area contributed by atoms with Crippen molar-refractivity contribution >= 4 is 38.9 Å². The molecule has 2 aromatic rings. The number of sulfonamides is 1. The van der Waals surface area contributed by atoms with E-state index in [1.54, 1.807) is 24.3 Å². The van der Waals surface area contributed by atoms with E-state index in [-0.39, 0.29) is 15.9 Å². The van der Waals surface area contributed by atoms with E-state index in [2.05, 4.69) is 10.6 Å². The van der Waals surface area contributed by atoms with Crippen molar-refractivity contribution in [3.05, 3.63) is 54.1 Å². The van der Waals surface area contributed by atoms with Gasteiger partial charge in [-0.1, -0.05) is 19.9 Å². The van der Waals surface area contributed by atoms with Crippen LogP contribution in [0, 0.1) is 5.92 Å². The SMILES string of the molecule is CC(C)COc1cccc(C(=O)NC(=S)Nc2ccc(S(N)(=O)=O)cc2)c1. The third-order valence-corrected chi connectivity index (χ3v) is 4.48. The monoisotopic (exact) mass is 407 g/mol. The summed E-state index contributed by atoms with van der Waals surface area (Å²) < 4.78 is 28.1. The molecular formula is C18H21N3O4S2. The van der Waals surface area contributed by atoms with E-state index in [1.807, 2.05) is 13.8 Å². The highest BCUT2D eigenvalue weighted by atomic mass is 32.2. The van der Waals surface area contributed by atoms with E-state index in [0.717, 1.165) is 0 Å². The number of hydrogen-bond donors (Lipinski definition) is 3. The lowest BCUT2D eigenvalue weighted by Crippen LogP contribution is -2.34. The molecule has 0 heterocycles. The summed E-state index contributed by atoms with van der Waals surface area (Å²) in [5.74, 6) is 0.595. The van der Waals surface area contributed by atoms with Gasteiger partial charge in [0.15, 0.2) is 5.11 Å². The Kier molecular flexibility index (Phi) is 6.89. The number of nitrogens with two attached hydrogens (primary N) is 1. The number of ether oxygens (including phenoxy) is 1. The van der Waals surface area contributed by atoms with Crippen molar-refractivity contribution in [3.8, 4) is 5.75 Å².